The third-order valence-electron chi connectivity index (χ3n) is 3.20. The molecule has 0 saturated carbocycles. The predicted molar refractivity (Wildman–Crippen MR) is 97.6 cm³/mol. The number of carbonyl (C=O) groups is 2. The van der Waals surface area contributed by atoms with Gasteiger partial charge < -0.3 is 10.2 Å². The molecule has 0 fully saturated rings. The monoisotopic (exact) mass is 361 g/mol. The molecule has 0 radical (unpaired) electrons. The van der Waals surface area contributed by atoms with Crippen molar-refractivity contribution in [1.82, 2.24) is 25.0 Å². The van der Waals surface area contributed by atoms with E-state index in [4.69, 9.17) is 0 Å². The summed E-state index contributed by atoms with van der Waals surface area (Å²) in [6, 6.07) is 9.67. The molecule has 0 unspecified atom stereocenters. The van der Waals surface area contributed by atoms with Crippen LogP contribution in [0.4, 0.5) is 0 Å². The number of nitrogens with one attached hydrogen (secondary N) is 1. The lowest BCUT2D eigenvalue weighted by Gasteiger charge is -2.23. The molecule has 0 spiro atoms. The molecule has 1 aromatic heterocycles. The van der Waals surface area contributed by atoms with E-state index in [1.54, 1.807) is 13.4 Å². The van der Waals surface area contributed by atoms with Gasteiger partial charge in [0.1, 0.15) is 6.33 Å². The fourth-order valence-corrected chi connectivity index (χ4v) is 2.96. The summed E-state index contributed by atoms with van der Waals surface area (Å²) in [4.78, 5) is 25.6. The number of carbonyl (C=O) groups excluding carboxylic acids is 2. The van der Waals surface area contributed by atoms with Gasteiger partial charge in [-0.1, -0.05) is 30.0 Å². The molecule has 0 saturated heterocycles. The number of hydrogen-bond donors (Lipinski definition) is 1. The molecule has 1 aromatic carbocycles. The second-order valence-corrected chi connectivity index (χ2v) is 7.60. The van der Waals surface area contributed by atoms with Gasteiger partial charge in [0, 0.05) is 18.3 Å². The van der Waals surface area contributed by atoms with Gasteiger partial charge in [-0.25, -0.2) is 0 Å². The molecule has 0 aliphatic rings. The van der Waals surface area contributed by atoms with Crippen LogP contribution in [0.3, 0.4) is 0 Å². The van der Waals surface area contributed by atoms with Crippen LogP contribution in [0.1, 0.15) is 20.8 Å². The van der Waals surface area contributed by atoms with Crippen LogP contribution in [0.15, 0.2) is 41.8 Å². The van der Waals surface area contributed by atoms with E-state index < -0.39 is 0 Å². The maximum atomic E-state index is 12.3. The van der Waals surface area contributed by atoms with E-state index in [0.717, 1.165) is 5.69 Å². The van der Waals surface area contributed by atoms with Crippen LogP contribution < -0.4 is 5.32 Å². The predicted octanol–water partition coefficient (Wildman–Crippen LogP) is 1.73. The lowest BCUT2D eigenvalue weighted by molar-refractivity contribution is -0.133. The van der Waals surface area contributed by atoms with E-state index in [0.29, 0.717) is 5.16 Å². The van der Waals surface area contributed by atoms with Crippen LogP contribution in [0.5, 0.6) is 0 Å². The summed E-state index contributed by atoms with van der Waals surface area (Å²) in [5, 5.41) is 11.4. The van der Waals surface area contributed by atoms with E-state index in [1.165, 1.54) is 16.7 Å². The Kier molecular flexibility index (Phi) is 6.19. The Morgan fingerprint density at radius 1 is 1.24 bits per heavy atom. The lowest BCUT2D eigenvalue weighted by Crippen LogP contribution is -2.46. The molecule has 1 N–H and O–H groups in total. The summed E-state index contributed by atoms with van der Waals surface area (Å²) in [6.45, 7) is 5.74. The normalized spacial score (nSPS) is 11.2. The Morgan fingerprint density at radius 3 is 2.56 bits per heavy atom. The van der Waals surface area contributed by atoms with Crippen molar-refractivity contribution >= 4 is 23.6 Å². The zero-order valence-corrected chi connectivity index (χ0v) is 15.7. The van der Waals surface area contributed by atoms with Gasteiger partial charge in [-0.05, 0) is 32.9 Å². The van der Waals surface area contributed by atoms with Gasteiger partial charge in [-0.3, -0.25) is 14.2 Å². The first-order chi connectivity index (χ1) is 11.8. The van der Waals surface area contributed by atoms with Crippen LogP contribution in [-0.4, -0.2) is 56.4 Å². The molecule has 0 bridgehead atoms. The molecular formula is C17H23N5O2S. The third-order valence-corrected chi connectivity index (χ3v) is 4.12. The van der Waals surface area contributed by atoms with Gasteiger partial charge >= 0.3 is 0 Å². The second-order valence-electron chi connectivity index (χ2n) is 6.66. The Labute approximate surface area is 151 Å². The Balaban J connectivity index is 1.90. The highest BCUT2D eigenvalue weighted by molar-refractivity contribution is 7.99. The fourth-order valence-electron chi connectivity index (χ4n) is 2.09. The molecule has 0 aliphatic carbocycles. The number of benzene rings is 1. The molecule has 2 rings (SSSR count). The van der Waals surface area contributed by atoms with Gasteiger partial charge in [0.05, 0.1) is 12.3 Å². The van der Waals surface area contributed by atoms with Crippen molar-refractivity contribution in [3.63, 3.8) is 0 Å². The smallest absolute Gasteiger partial charge is 0.240 e. The highest BCUT2D eigenvalue weighted by Gasteiger charge is 2.18. The molecular weight excluding hydrogens is 338 g/mol. The molecule has 0 aliphatic heterocycles. The molecule has 7 nitrogen and oxygen atoms in total. The number of thioether (sulfide) groups is 1. The molecule has 134 valence electrons. The standard InChI is InChI=1S/C17H23N5O2S/c1-17(2,3)19-14(23)10-21(4)15(24)11-25-16-20-18-12-22(16)13-8-6-5-7-9-13/h5-9,12H,10-11H2,1-4H3,(H,19,23). The summed E-state index contributed by atoms with van der Waals surface area (Å²) < 4.78 is 1.82. The first-order valence-electron chi connectivity index (χ1n) is 7.89. The van der Waals surface area contributed by atoms with Crippen molar-refractivity contribution in [2.24, 2.45) is 0 Å². The summed E-state index contributed by atoms with van der Waals surface area (Å²) in [6.07, 6.45) is 1.61. The van der Waals surface area contributed by atoms with Crippen LogP contribution >= 0.6 is 11.8 Å². The minimum absolute atomic E-state index is 0.0298. The molecule has 0 atom stereocenters. The lowest BCUT2D eigenvalue weighted by atomic mass is 10.1. The second kappa shape index (κ2) is 8.15. The van der Waals surface area contributed by atoms with Crippen LogP contribution in [0, 0.1) is 0 Å². The summed E-state index contributed by atoms with van der Waals surface area (Å²) in [5.41, 5.74) is 0.613. The number of aromatic nitrogens is 3. The number of para-hydroxylation sites is 1. The van der Waals surface area contributed by atoms with Gasteiger partial charge in [-0.2, -0.15) is 0 Å². The highest BCUT2D eigenvalue weighted by atomic mass is 32.2. The molecule has 25 heavy (non-hydrogen) atoms. The summed E-state index contributed by atoms with van der Waals surface area (Å²) >= 11 is 1.29. The largest absolute Gasteiger partial charge is 0.350 e. The summed E-state index contributed by atoms with van der Waals surface area (Å²) in [7, 11) is 1.62. The van der Waals surface area contributed by atoms with Gasteiger partial charge in [0.2, 0.25) is 11.8 Å². The van der Waals surface area contributed by atoms with E-state index >= 15 is 0 Å². The van der Waals surface area contributed by atoms with E-state index in [9.17, 15) is 9.59 Å². The Hall–Kier alpha value is -2.35. The van der Waals surface area contributed by atoms with Crippen LogP contribution in [0.25, 0.3) is 5.69 Å². The summed E-state index contributed by atoms with van der Waals surface area (Å²) in [5.74, 6) is -0.136. The zero-order valence-electron chi connectivity index (χ0n) is 14.9. The highest BCUT2D eigenvalue weighted by Crippen LogP contribution is 2.19. The fraction of sp³-hybridized carbons (Fsp3) is 0.412. The molecule has 1 heterocycles. The number of likely N-dealkylation sites (N-methyl/N-ethyl adjacent to an activating group) is 1. The first kappa shape index (κ1) is 19.0. The van der Waals surface area contributed by atoms with Gasteiger partial charge in [0.25, 0.3) is 0 Å². The maximum absolute atomic E-state index is 12.3. The number of hydrogen-bond acceptors (Lipinski definition) is 5. The van der Waals surface area contributed by atoms with Crippen molar-refractivity contribution in [3.05, 3.63) is 36.7 Å². The van der Waals surface area contributed by atoms with Crippen molar-refractivity contribution in [3.8, 4) is 5.69 Å². The van der Waals surface area contributed by atoms with E-state index in [-0.39, 0.29) is 29.7 Å². The number of nitrogens with zero attached hydrogens (tertiary/aromatic N) is 4. The zero-order chi connectivity index (χ0) is 18.4. The molecule has 8 heteroatoms. The van der Waals surface area contributed by atoms with Crippen LogP contribution in [-0.2, 0) is 9.59 Å². The minimum Gasteiger partial charge on any atom is -0.350 e. The topological polar surface area (TPSA) is 80.1 Å². The molecule has 2 amide bonds. The van der Waals surface area contributed by atoms with E-state index in [2.05, 4.69) is 15.5 Å². The van der Waals surface area contributed by atoms with Gasteiger partial charge in [-0.15, -0.1) is 10.2 Å². The van der Waals surface area contributed by atoms with Crippen LogP contribution in [0.2, 0.25) is 0 Å². The third kappa shape index (κ3) is 5.90. The Bertz CT molecular complexity index is 724. The van der Waals surface area contributed by atoms with Crippen molar-refractivity contribution in [2.75, 3.05) is 19.3 Å². The minimum atomic E-state index is -0.318. The first-order valence-corrected chi connectivity index (χ1v) is 8.88. The molecule has 2 aromatic rings. The maximum Gasteiger partial charge on any atom is 0.240 e. The number of rotatable bonds is 6. The Morgan fingerprint density at radius 2 is 1.92 bits per heavy atom. The van der Waals surface area contributed by atoms with Crippen molar-refractivity contribution in [2.45, 2.75) is 31.5 Å². The van der Waals surface area contributed by atoms with E-state index in [1.807, 2.05) is 55.7 Å². The van der Waals surface area contributed by atoms with Crippen molar-refractivity contribution in [1.29, 1.82) is 0 Å². The van der Waals surface area contributed by atoms with Crippen molar-refractivity contribution < 1.29 is 9.59 Å². The number of amides is 2. The SMILES string of the molecule is CN(CC(=O)NC(C)(C)C)C(=O)CSc1nncn1-c1ccccc1. The average molecular weight is 361 g/mol. The van der Waals surface area contributed by atoms with Gasteiger partial charge in [0.15, 0.2) is 5.16 Å². The quantitative estimate of drug-likeness (QED) is 0.793. The average Bonchev–Trinajstić information content (AvgIpc) is 3.00.